The summed E-state index contributed by atoms with van der Waals surface area (Å²) in [5.41, 5.74) is 6.50. The van der Waals surface area contributed by atoms with Crippen LogP contribution in [0.4, 0.5) is 11.5 Å². The number of amides is 1. The van der Waals surface area contributed by atoms with Crippen LogP contribution in [-0.4, -0.2) is 25.1 Å². The fraction of sp³-hybridized carbons (Fsp3) is 0.143. The van der Waals surface area contributed by atoms with Gasteiger partial charge in [-0.1, -0.05) is 0 Å². The van der Waals surface area contributed by atoms with E-state index in [1.807, 2.05) is 0 Å². The topological polar surface area (TPSA) is 86.5 Å². The van der Waals surface area contributed by atoms with Crippen molar-refractivity contribution in [1.82, 2.24) is 4.98 Å². The molecule has 2 rings (SSSR count). The van der Waals surface area contributed by atoms with Gasteiger partial charge in [0.05, 0.1) is 19.9 Å². The Bertz CT molecular complexity index is 629. The molecule has 1 aromatic heterocycles. The van der Waals surface area contributed by atoms with Gasteiger partial charge in [-0.25, -0.2) is 4.98 Å². The Kier molecular flexibility index (Phi) is 4.05. The number of pyridine rings is 1. The van der Waals surface area contributed by atoms with E-state index in [2.05, 4.69) is 10.3 Å². The SMILES string of the molecule is COc1ccc(OC)c(NC(=O)c2ccnc(N)c2)c1. The highest BCUT2D eigenvalue weighted by Gasteiger charge is 2.11. The standard InChI is InChI=1S/C14H15N3O3/c1-19-10-3-4-12(20-2)11(8-10)17-14(18)9-5-6-16-13(15)7-9/h3-8H,1-2H3,(H2,15,16)(H,17,18). The van der Waals surface area contributed by atoms with E-state index in [-0.39, 0.29) is 11.7 Å². The van der Waals surface area contributed by atoms with Crippen molar-refractivity contribution in [1.29, 1.82) is 0 Å². The predicted molar refractivity (Wildman–Crippen MR) is 76.1 cm³/mol. The molecule has 1 amide bonds. The minimum Gasteiger partial charge on any atom is -0.497 e. The Morgan fingerprint density at radius 1 is 1.20 bits per heavy atom. The third-order valence-corrected chi connectivity index (χ3v) is 2.70. The first-order valence-electron chi connectivity index (χ1n) is 5.89. The van der Waals surface area contributed by atoms with Gasteiger partial charge in [0.1, 0.15) is 17.3 Å². The summed E-state index contributed by atoms with van der Waals surface area (Å²) in [6.45, 7) is 0. The molecule has 0 radical (unpaired) electrons. The molecule has 3 N–H and O–H groups in total. The number of ether oxygens (including phenoxy) is 2. The summed E-state index contributed by atoms with van der Waals surface area (Å²) in [5.74, 6) is 1.15. The molecule has 0 saturated carbocycles. The maximum absolute atomic E-state index is 12.1. The maximum Gasteiger partial charge on any atom is 0.255 e. The van der Waals surface area contributed by atoms with E-state index in [0.717, 1.165) is 0 Å². The lowest BCUT2D eigenvalue weighted by atomic mass is 10.2. The average Bonchev–Trinajstić information content (AvgIpc) is 2.47. The molecule has 1 aromatic carbocycles. The third-order valence-electron chi connectivity index (χ3n) is 2.70. The first-order chi connectivity index (χ1) is 9.63. The maximum atomic E-state index is 12.1. The monoisotopic (exact) mass is 273 g/mol. The number of aromatic nitrogens is 1. The minimum absolute atomic E-state index is 0.287. The van der Waals surface area contributed by atoms with Gasteiger partial charge in [0.25, 0.3) is 5.91 Å². The zero-order valence-electron chi connectivity index (χ0n) is 11.2. The molecule has 0 aliphatic rings. The van der Waals surface area contributed by atoms with Crippen molar-refractivity contribution in [2.75, 3.05) is 25.3 Å². The van der Waals surface area contributed by atoms with Gasteiger partial charge >= 0.3 is 0 Å². The zero-order valence-corrected chi connectivity index (χ0v) is 11.2. The molecule has 6 heteroatoms. The Morgan fingerprint density at radius 2 is 2.00 bits per heavy atom. The van der Waals surface area contributed by atoms with Gasteiger partial charge in [-0.3, -0.25) is 4.79 Å². The van der Waals surface area contributed by atoms with Crippen molar-refractivity contribution in [2.24, 2.45) is 0 Å². The summed E-state index contributed by atoms with van der Waals surface area (Å²) in [5, 5.41) is 2.75. The van der Waals surface area contributed by atoms with E-state index in [1.165, 1.54) is 19.4 Å². The fourth-order valence-electron chi connectivity index (χ4n) is 1.70. The number of methoxy groups -OCH3 is 2. The number of carbonyl (C=O) groups is 1. The fourth-order valence-corrected chi connectivity index (χ4v) is 1.70. The highest BCUT2D eigenvalue weighted by atomic mass is 16.5. The first-order valence-corrected chi connectivity index (χ1v) is 5.89. The Hall–Kier alpha value is -2.76. The Balaban J connectivity index is 2.27. The molecular formula is C14H15N3O3. The Morgan fingerprint density at radius 3 is 2.65 bits per heavy atom. The molecule has 2 aromatic rings. The molecule has 6 nitrogen and oxygen atoms in total. The molecule has 0 unspecified atom stereocenters. The Labute approximate surface area is 116 Å². The van der Waals surface area contributed by atoms with Crippen molar-refractivity contribution in [3.8, 4) is 11.5 Å². The van der Waals surface area contributed by atoms with E-state index < -0.39 is 0 Å². The van der Waals surface area contributed by atoms with Crippen LogP contribution < -0.4 is 20.5 Å². The quantitative estimate of drug-likeness (QED) is 0.889. The summed E-state index contributed by atoms with van der Waals surface area (Å²) >= 11 is 0. The molecule has 0 atom stereocenters. The van der Waals surface area contributed by atoms with Crippen LogP contribution in [0.3, 0.4) is 0 Å². The van der Waals surface area contributed by atoms with Crippen molar-refractivity contribution in [2.45, 2.75) is 0 Å². The van der Waals surface area contributed by atoms with Crippen molar-refractivity contribution >= 4 is 17.4 Å². The largest absolute Gasteiger partial charge is 0.497 e. The van der Waals surface area contributed by atoms with Gasteiger partial charge < -0.3 is 20.5 Å². The minimum atomic E-state index is -0.300. The van der Waals surface area contributed by atoms with Crippen LogP contribution in [0.5, 0.6) is 11.5 Å². The number of nitrogen functional groups attached to an aromatic ring is 1. The average molecular weight is 273 g/mol. The van der Waals surface area contributed by atoms with Gasteiger partial charge in [-0.2, -0.15) is 0 Å². The summed E-state index contributed by atoms with van der Waals surface area (Å²) in [7, 11) is 3.08. The molecule has 0 aliphatic carbocycles. The number of nitrogens with zero attached hydrogens (tertiary/aromatic N) is 1. The zero-order chi connectivity index (χ0) is 14.5. The summed E-state index contributed by atoms with van der Waals surface area (Å²) in [6.07, 6.45) is 1.48. The highest BCUT2D eigenvalue weighted by molar-refractivity contribution is 6.05. The van der Waals surface area contributed by atoms with Crippen LogP contribution in [0.25, 0.3) is 0 Å². The molecule has 20 heavy (non-hydrogen) atoms. The van der Waals surface area contributed by atoms with Crippen LogP contribution >= 0.6 is 0 Å². The van der Waals surface area contributed by atoms with Gasteiger partial charge in [-0.05, 0) is 24.3 Å². The second kappa shape index (κ2) is 5.92. The molecular weight excluding hydrogens is 258 g/mol. The smallest absolute Gasteiger partial charge is 0.255 e. The van der Waals surface area contributed by atoms with Gasteiger partial charge in [0.2, 0.25) is 0 Å². The number of hydrogen-bond acceptors (Lipinski definition) is 5. The van der Waals surface area contributed by atoms with E-state index in [9.17, 15) is 4.79 Å². The highest BCUT2D eigenvalue weighted by Crippen LogP contribution is 2.29. The van der Waals surface area contributed by atoms with Crippen molar-refractivity contribution in [3.63, 3.8) is 0 Å². The lowest BCUT2D eigenvalue weighted by Crippen LogP contribution is -2.13. The lowest BCUT2D eigenvalue weighted by Gasteiger charge is -2.11. The van der Waals surface area contributed by atoms with Crippen LogP contribution in [-0.2, 0) is 0 Å². The number of nitrogens with two attached hydrogens (primary N) is 1. The second-order valence-electron chi connectivity index (χ2n) is 3.99. The van der Waals surface area contributed by atoms with E-state index in [1.54, 1.807) is 31.4 Å². The molecule has 1 heterocycles. The van der Waals surface area contributed by atoms with Crippen molar-refractivity contribution in [3.05, 3.63) is 42.1 Å². The van der Waals surface area contributed by atoms with Crippen LogP contribution in [0.2, 0.25) is 0 Å². The second-order valence-corrected chi connectivity index (χ2v) is 3.99. The van der Waals surface area contributed by atoms with E-state index in [4.69, 9.17) is 15.2 Å². The predicted octanol–water partition coefficient (Wildman–Crippen LogP) is 1.93. The van der Waals surface area contributed by atoms with E-state index >= 15 is 0 Å². The summed E-state index contributed by atoms with van der Waals surface area (Å²) in [4.78, 5) is 16.0. The normalized spacial score (nSPS) is 9.90. The number of rotatable bonds is 4. The molecule has 0 saturated heterocycles. The number of hydrogen-bond donors (Lipinski definition) is 2. The van der Waals surface area contributed by atoms with Crippen LogP contribution in [0.15, 0.2) is 36.5 Å². The molecule has 0 fully saturated rings. The summed E-state index contributed by atoms with van der Waals surface area (Å²) < 4.78 is 10.3. The van der Waals surface area contributed by atoms with Gasteiger partial charge in [-0.15, -0.1) is 0 Å². The van der Waals surface area contributed by atoms with E-state index in [0.29, 0.717) is 22.7 Å². The summed E-state index contributed by atoms with van der Waals surface area (Å²) in [6, 6.07) is 8.23. The third kappa shape index (κ3) is 2.97. The molecule has 0 spiro atoms. The van der Waals surface area contributed by atoms with Crippen molar-refractivity contribution < 1.29 is 14.3 Å². The van der Waals surface area contributed by atoms with Gasteiger partial charge in [0, 0.05) is 17.8 Å². The number of nitrogens with one attached hydrogen (secondary N) is 1. The first kappa shape index (κ1) is 13.7. The van der Waals surface area contributed by atoms with Gasteiger partial charge in [0.15, 0.2) is 0 Å². The number of carbonyl (C=O) groups excluding carboxylic acids is 1. The molecule has 0 aliphatic heterocycles. The van der Waals surface area contributed by atoms with Crippen LogP contribution in [0.1, 0.15) is 10.4 Å². The number of anilines is 2. The molecule has 0 bridgehead atoms. The molecule has 104 valence electrons. The van der Waals surface area contributed by atoms with Crippen LogP contribution in [0, 0.1) is 0 Å². The lowest BCUT2D eigenvalue weighted by molar-refractivity contribution is 0.102. The number of benzene rings is 1.